The quantitative estimate of drug-likeness (QED) is 0.425. The molecule has 1 saturated heterocycles. The molecular weight excluding hydrogens is 148 g/mol. The molecule has 0 radical (unpaired) electrons. The number of aliphatic hydroxyl groups is 1. The number of aliphatic hydroxyl groups excluding tert-OH is 1. The lowest BCUT2D eigenvalue weighted by atomic mass is 10.2. The van der Waals surface area contributed by atoms with Gasteiger partial charge < -0.3 is 10.4 Å². The topological polar surface area (TPSA) is 70.6 Å². The molecule has 1 fully saturated rings. The highest BCUT2D eigenvalue weighted by Gasteiger charge is 2.27. The van der Waals surface area contributed by atoms with Crippen molar-refractivity contribution in [2.75, 3.05) is 13.7 Å². The molecule has 0 bridgehead atoms. The number of carbonyl (C=O) groups is 1. The van der Waals surface area contributed by atoms with Gasteiger partial charge in [-0.3, -0.25) is 9.63 Å². The third kappa shape index (κ3) is 2.14. The Morgan fingerprint density at radius 3 is 3.00 bits per heavy atom. The lowest BCUT2D eigenvalue weighted by Gasteiger charge is -2.07. The summed E-state index contributed by atoms with van der Waals surface area (Å²) in [5.41, 5.74) is 2.20. The Bertz CT molecular complexity index is 151. The summed E-state index contributed by atoms with van der Waals surface area (Å²) in [6.07, 6.45) is 0.0393. The van der Waals surface area contributed by atoms with Crippen molar-refractivity contribution in [2.24, 2.45) is 0 Å². The largest absolute Gasteiger partial charge is 0.392 e. The van der Waals surface area contributed by atoms with Gasteiger partial charge in [-0.1, -0.05) is 0 Å². The number of hydrogen-bond acceptors (Lipinski definition) is 4. The van der Waals surface area contributed by atoms with E-state index in [1.807, 2.05) is 0 Å². The molecule has 1 heterocycles. The van der Waals surface area contributed by atoms with Crippen LogP contribution in [0.4, 0.5) is 0 Å². The fraction of sp³-hybridized carbons (Fsp3) is 0.833. The molecule has 5 nitrogen and oxygen atoms in total. The van der Waals surface area contributed by atoms with E-state index >= 15 is 0 Å². The molecule has 1 amide bonds. The summed E-state index contributed by atoms with van der Waals surface area (Å²) in [7, 11) is 1.38. The van der Waals surface area contributed by atoms with E-state index in [2.05, 4.69) is 15.6 Å². The second kappa shape index (κ2) is 3.66. The summed E-state index contributed by atoms with van der Waals surface area (Å²) in [4.78, 5) is 15.4. The van der Waals surface area contributed by atoms with Gasteiger partial charge in [-0.2, -0.15) is 0 Å². The van der Waals surface area contributed by atoms with E-state index in [-0.39, 0.29) is 11.9 Å². The van der Waals surface area contributed by atoms with Crippen molar-refractivity contribution in [3.8, 4) is 0 Å². The van der Waals surface area contributed by atoms with Crippen LogP contribution in [0.15, 0.2) is 0 Å². The first-order valence-corrected chi connectivity index (χ1v) is 3.48. The maximum Gasteiger partial charge on any atom is 0.260 e. The third-order valence-electron chi connectivity index (χ3n) is 1.63. The van der Waals surface area contributed by atoms with E-state index in [0.717, 1.165) is 0 Å². The maximum atomic E-state index is 11.0. The molecule has 0 aromatic heterocycles. The predicted molar refractivity (Wildman–Crippen MR) is 37.6 cm³/mol. The SMILES string of the molecule is CONC(=O)C1CC(O)CN1. The number of nitrogens with one attached hydrogen (secondary N) is 2. The number of hydroxylamine groups is 1. The Labute approximate surface area is 64.7 Å². The molecule has 0 aliphatic carbocycles. The van der Waals surface area contributed by atoms with E-state index in [4.69, 9.17) is 5.11 Å². The van der Waals surface area contributed by atoms with Gasteiger partial charge in [0, 0.05) is 6.54 Å². The zero-order chi connectivity index (χ0) is 8.27. The van der Waals surface area contributed by atoms with Crippen molar-refractivity contribution in [1.82, 2.24) is 10.8 Å². The standard InChI is InChI=1S/C6H12N2O3/c1-11-8-6(10)5-2-4(9)3-7-5/h4-5,7,9H,2-3H2,1H3,(H,8,10). The van der Waals surface area contributed by atoms with Crippen LogP contribution in [0.25, 0.3) is 0 Å². The monoisotopic (exact) mass is 160 g/mol. The van der Waals surface area contributed by atoms with Crippen molar-refractivity contribution in [2.45, 2.75) is 18.6 Å². The molecule has 3 N–H and O–H groups in total. The summed E-state index contributed by atoms with van der Waals surface area (Å²) in [6, 6.07) is -0.315. The number of rotatable bonds is 2. The van der Waals surface area contributed by atoms with Crippen molar-refractivity contribution >= 4 is 5.91 Å². The van der Waals surface area contributed by atoms with Crippen molar-refractivity contribution in [3.05, 3.63) is 0 Å². The van der Waals surface area contributed by atoms with Crippen molar-refractivity contribution in [1.29, 1.82) is 0 Å². The Morgan fingerprint density at radius 2 is 2.55 bits per heavy atom. The zero-order valence-corrected chi connectivity index (χ0v) is 6.33. The molecule has 0 aromatic carbocycles. The lowest BCUT2D eigenvalue weighted by molar-refractivity contribution is -0.133. The van der Waals surface area contributed by atoms with Crippen molar-refractivity contribution in [3.63, 3.8) is 0 Å². The van der Waals surface area contributed by atoms with E-state index in [1.54, 1.807) is 0 Å². The van der Waals surface area contributed by atoms with Crippen LogP contribution in [0.2, 0.25) is 0 Å². The molecule has 0 aromatic rings. The maximum absolute atomic E-state index is 11.0. The van der Waals surface area contributed by atoms with Gasteiger partial charge in [-0.25, -0.2) is 5.48 Å². The fourth-order valence-corrected chi connectivity index (χ4v) is 1.09. The number of carbonyl (C=O) groups excluding carboxylic acids is 1. The minimum atomic E-state index is -0.414. The molecule has 0 saturated carbocycles. The average molecular weight is 160 g/mol. The van der Waals surface area contributed by atoms with Crippen LogP contribution in [-0.4, -0.2) is 36.8 Å². The zero-order valence-electron chi connectivity index (χ0n) is 6.33. The molecule has 2 atom stereocenters. The van der Waals surface area contributed by atoms with E-state index in [1.165, 1.54) is 7.11 Å². The third-order valence-corrected chi connectivity index (χ3v) is 1.63. The van der Waals surface area contributed by atoms with Gasteiger partial charge in [-0.15, -0.1) is 0 Å². The second-order valence-electron chi connectivity index (χ2n) is 2.52. The molecule has 1 aliphatic heterocycles. The first kappa shape index (κ1) is 8.45. The van der Waals surface area contributed by atoms with Crippen LogP contribution in [0.1, 0.15) is 6.42 Å². The summed E-state index contributed by atoms with van der Waals surface area (Å²) in [5.74, 6) is -0.232. The molecule has 11 heavy (non-hydrogen) atoms. The van der Waals surface area contributed by atoms with Gasteiger partial charge in [-0.05, 0) is 6.42 Å². The van der Waals surface area contributed by atoms with Gasteiger partial charge in [0.25, 0.3) is 5.91 Å². The minimum Gasteiger partial charge on any atom is -0.392 e. The van der Waals surface area contributed by atoms with Crippen LogP contribution in [0.5, 0.6) is 0 Å². The van der Waals surface area contributed by atoms with Crippen LogP contribution in [0.3, 0.4) is 0 Å². The van der Waals surface area contributed by atoms with Crippen LogP contribution < -0.4 is 10.8 Å². The van der Waals surface area contributed by atoms with Gasteiger partial charge in [0.2, 0.25) is 0 Å². The highest BCUT2D eigenvalue weighted by molar-refractivity contribution is 5.81. The Morgan fingerprint density at radius 1 is 1.82 bits per heavy atom. The summed E-state index contributed by atoms with van der Waals surface area (Å²) >= 11 is 0. The Balaban J connectivity index is 2.31. The Hall–Kier alpha value is -0.650. The number of β-amino-alcohol motifs (C(OH)–C–C–N with tert-alkyl or cyclic N) is 1. The molecule has 0 spiro atoms. The molecule has 1 rings (SSSR count). The average Bonchev–Trinajstić information content (AvgIpc) is 2.36. The van der Waals surface area contributed by atoms with Gasteiger partial charge in [0.05, 0.1) is 19.3 Å². The van der Waals surface area contributed by atoms with E-state index in [9.17, 15) is 4.79 Å². The van der Waals surface area contributed by atoms with Crippen LogP contribution >= 0.6 is 0 Å². The first-order valence-electron chi connectivity index (χ1n) is 3.48. The molecule has 1 aliphatic rings. The summed E-state index contributed by atoms with van der Waals surface area (Å²) < 4.78 is 0. The van der Waals surface area contributed by atoms with Gasteiger partial charge in [0.15, 0.2) is 0 Å². The second-order valence-corrected chi connectivity index (χ2v) is 2.52. The molecule has 2 unspecified atom stereocenters. The fourth-order valence-electron chi connectivity index (χ4n) is 1.09. The predicted octanol–water partition coefficient (Wildman–Crippen LogP) is -1.61. The van der Waals surface area contributed by atoms with Crippen LogP contribution in [-0.2, 0) is 9.63 Å². The van der Waals surface area contributed by atoms with E-state index in [0.29, 0.717) is 13.0 Å². The smallest absolute Gasteiger partial charge is 0.260 e. The Kier molecular flexibility index (Phi) is 2.81. The number of hydrogen-bond donors (Lipinski definition) is 3. The van der Waals surface area contributed by atoms with Crippen molar-refractivity contribution < 1.29 is 14.7 Å². The molecule has 5 heteroatoms. The normalized spacial score (nSPS) is 30.4. The highest BCUT2D eigenvalue weighted by atomic mass is 16.6. The van der Waals surface area contributed by atoms with Gasteiger partial charge in [0.1, 0.15) is 0 Å². The summed E-state index contributed by atoms with van der Waals surface area (Å²) in [6.45, 7) is 0.474. The van der Waals surface area contributed by atoms with Crippen LogP contribution in [0, 0.1) is 0 Å². The first-order chi connectivity index (χ1) is 5.24. The molecule has 64 valence electrons. The lowest BCUT2D eigenvalue weighted by Crippen LogP contribution is -2.39. The molecular formula is C6H12N2O3. The highest BCUT2D eigenvalue weighted by Crippen LogP contribution is 2.05. The number of amides is 1. The van der Waals surface area contributed by atoms with E-state index < -0.39 is 6.10 Å². The van der Waals surface area contributed by atoms with Gasteiger partial charge >= 0.3 is 0 Å². The minimum absolute atomic E-state index is 0.232. The summed E-state index contributed by atoms with van der Waals surface area (Å²) in [5, 5.41) is 11.9.